The highest BCUT2D eigenvalue weighted by Gasteiger charge is 2.06. The van der Waals surface area contributed by atoms with Crippen LogP contribution in [0.1, 0.15) is 24.6 Å². The van der Waals surface area contributed by atoms with E-state index in [1.54, 1.807) is 0 Å². The minimum atomic E-state index is -0.181. The highest BCUT2D eigenvalue weighted by Crippen LogP contribution is 2.12. The molecule has 128 valence electrons. The van der Waals surface area contributed by atoms with E-state index in [1.807, 2.05) is 31.2 Å². The first-order valence-corrected chi connectivity index (χ1v) is 9.17. The SMILES string of the molecule is CCCc1cc(=O)[nH]c(SCC(=O)NCCc2ccc(Cl)cc2)n1. The van der Waals surface area contributed by atoms with Gasteiger partial charge in [-0.3, -0.25) is 9.59 Å². The molecule has 0 fully saturated rings. The zero-order chi connectivity index (χ0) is 17.4. The number of carbonyl (C=O) groups excluding carboxylic acids is 1. The molecule has 0 radical (unpaired) electrons. The molecule has 2 rings (SSSR count). The number of benzene rings is 1. The Morgan fingerprint density at radius 3 is 2.75 bits per heavy atom. The van der Waals surface area contributed by atoms with E-state index in [0.717, 1.165) is 30.5 Å². The Morgan fingerprint density at radius 1 is 1.29 bits per heavy atom. The van der Waals surface area contributed by atoms with E-state index in [4.69, 9.17) is 11.6 Å². The number of nitrogens with one attached hydrogen (secondary N) is 2. The lowest BCUT2D eigenvalue weighted by atomic mass is 10.1. The molecule has 0 bridgehead atoms. The molecule has 0 aliphatic rings. The third-order valence-corrected chi connectivity index (χ3v) is 4.39. The second-order valence-electron chi connectivity index (χ2n) is 5.31. The number of aryl methyl sites for hydroxylation is 1. The van der Waals surface area contributed by atoms with Crippen LogP contribution in [0.15, 0.2) is 40.3 Å². The van der Waals surface area contributed by atoms with Crippen molar-refractivity contribution in [2.75, 3.05) is 12.3 Å². The maximum Gasteiger partial charge on any atom is 0.251 e. The summed E-state index contributed by atoms with van der Waals surface area (Å²) >= 11 is 7.07. The second-order valence-corrected chi connectivity index (χ2v) is 6.71. The van der Waals surface area contributed by atoms with Crippen LogP contribution in [0, 0.1) is 0 Å². The van der Waals surface area contributed by atoms with Gasteiger partial charge in [0.25, 0.3) is 5.56 Å². The van der Waals surface area contributed by atoms with Crippen LogP contribution in [-0.2, 0) is 17.6 Å². The third-order valence-electron chi connectivity index (χ3n) is 3.27. The smallest absolute Gasteiger partial charge is 0.251 e. The molecule has 1 amide bonds. The lowest BCUT2D eigenvalue weighted by Crippen LogP contribution is -2.27. The highest BCUT2D eigenvalue weighted by atomic mass is 35.5. The van der Waals surface area contributed by atoms with Crippen LogP contribution in [0.4, 0.5) is 0 Å². The Balaban J connectivity index is 1.76. The van der Waals surface area contributed by atoms with E-state index >= 15 is 0 Å². The molecule has 0 saturated carbocycles. The van der Waals surface area contributed by atoms with E-state index in [1.165, 1.54) is 17.8 Å². The van der Waals surface area contributed by atoms with Gasteiger partial charge in [-0.1, -0.05) is 48.8 Å². The first kappa shape index (κ1) is 18.5. The number of carbonyl (C=O) groups is 1. The summed E-state index contributed by atoms with van der Waals surface area (Å²) in [4.78, 5) is 30.4. The molecule has 2 aromatic rings. The van der Waals surface area contributed by atoms with E-state index in [9.17, 15) is 9.59 Å². The Morgan fingerprint density at radius 2 is 2.04 bits per heavy atom. The third kappa shape index (κ3) is 6.37. The van der Waals surface area contributed by atoms with Crippen molar-refractivity contribution >= 4 is 29.3 Å². The number of aromatic nitrogens is 2. The first-order chi connectivity index (χ1) is 11.6. The Labute approximate surface area is 150 Å². The van der Waals surface area contributed by atoms with Crippen molar-refractivity contribution in [2.24, 2.45) is 0 Å². The average molecular weight is 366 g/mol. The largest absolute Gasteiger partial charge is 0.355 e. The van der Waals surface area contributed by atoms with Crippen LogP contribution < -0.4 is 10.9 Å². The lowest BCUT2D eigenvalue weighted by Gasteiger charge is -2.06. The number of amides is 1. The van der Waals surface area contributed by atoms with Gasteiger partial charge in [-0.05, 0) is 30.5 Å². The number of halogens is 1. The van der Waals surface area contributed by atoms with Gasteiger partial charge in [0, 0.05) is 23.3 Å². The predicted octanol–water partition coefficient (Wildman–Crippen LogP) is 2.83. The average Bonchev–Trinajstić information content (AvgIpc) is 2.55. The van der Waals surface area contributed by atoms with Crippen molar-refractivity contribution in [3.8, 4) is 0 Å². The number of H-pyrrole nitrogens is 1. The summed E-state index contributed by atoms with van der Waals surface area (Å²) in [6, 6.07) is 9.05. The number of hydrogen-bond donors (Lipinski definition) is 2. The van der Waals surface area contributed by atoms with Gasteiger partial charge in [-0.15, -0.1) is 0 Å². The lowest BCUT2D eigenvalue weighted by molar-refractivity contribution is -0.118. The quantitative estimate of drug-likeness (QED) is 0.557. The number of nitrogens with zero attached hydrogens (tertiary/aromatic N) is 1. The summed E-state index contributed by atoms with van der Waals surface area (Å²) in [7, 11) is 0. The van der Waals surface area contributed by atoms with Crippen molar-refractivity contribution in [1.29, 1.82) is 0 Å². The molecule has 1 aromatic carbocycles. The minimum absolute atomic E-state index is 0.0856. The minimum Gasteiger partial charge on any atom is -0.355 e. The zero-order valence-electron chi connectivity index (χ0n) is 13.5. The highest BCUT2D eigenvalue weighted by molar-refractivity contribution is 7.99. The molecule has 5 nitrogen and oxygen atoms in total. The number of aromatic amines is 1. The number of rotatable bonds is 8. The van der Waals surface area contributed by atoms with Gasteiger partial charge in [0.1, 0.15) is 0 Å². The van der Waals surface area contributed by atoms with Crippen molar-refractivity contribution < 1.29 is 4.79 Å². The number of hydrogen-bond acceptors (Lipinski definition) is 4. The van der Waals surface area contributed by atoms with E-state index in [0.29, 0.717) is 16.7 Å². The molecule has 1 heterocycles. The number of thioether (sulfide) groups is 1. The second kappa shape index (κ2) is 9.49. The Kier molecular flexibility index (Phi) is 7.34. The van der Waals surface area contributed by atoms with Gasteiger partial charge in [-0.2, -0.15) is 0 Å². The van der Waals surface area contributed by atoms with Crippen molar-refractivity contribution in [3.63, 3.8) is 0 Å². The van der Waals surface area contributed by atoms with Crippen LogP contribution in [-0.4, -0.2) is 28.2 Å². The van der Waals surface area contributed by atoms with Crippen molar-refractivity contribution in [1.82, 2.24) is 15.3 Å². The fourth-order valence-electron chi connectivity index (χ4n) is 2.12. The van der Waals surface area contributed by atoms with Gasteiger partial charge in [0.05, 0.1) is 5.75 Å². The van der Waals surface area contributed by atoms with Gasteiger partial charge < -0.3 is 10.3 Å². The molecule has 0 aliphatic heterocycles. The molecule has 0 aliphatic carbocycles. The summed E-state index contributed by atoms with van der Waals surface area (Å²) < 4.78 is 0. The fraction of sp³-hybridized carbons (Fsp3) is 0.353. The maximum atomic E-state index is 11.9. The van der Waals surface area contributed by atoms with Gasteiger partial charge in [-0.25, -0.2) is 4.98 Å². The summed E-state index contributed by atoms with van der Waals surface area (Å²) in [6.45, 7) is 2.59. The van der Waals surface area contributed by atoms with Gasteiger partial charge in [0.15, 0.2) is 5.16 Å². The van der Waals surface area contributed by atoms with Crippen molar-refractivity contribution in [3.05, 3.63) is 57.0 Å². The molecule has 7 heteroatoms. The molecule has 1 aromatic heterocycles. The molecule has 0 unspecified atom stereocenters. The van der Waals surface area contributed by atoms with Crippen LogP contribution in [0.2, 0.25) is 5.02 Å². The molecule has 24 heavy (non-hydrogen) atoms. The monoisotopic (exact) mass is 365 g/mol. The van der Waals surface area contributed by atoms with Crippen LogP contribution in [0.25, 0.3) is 0 Å². The summed E-state index contributed by atoms with van der Waals surface area (Å²) in [5.41, 5.74) is 1.69. The van der Waals surface area contributed by atoms with E-state index in [-0.39, 0.29) is 17.2 Å². The summed E-state index contributed by atoms with van der Waals surface area (Å²) in [5, 5.41) is 4.04. The standard InChI is InChI=1S/C17H20ClN3O2S/c1-2-3-14-10-15(22)21-17(20-14)24-11-16(23)19-9-8-12-4-6-13(18)7-5-12/h4-7,10H,2-3,8-9,11H2,1H3,(H,19,23)(H,20,21,22). The van der Waals surface area contributed by atoms with E-state index in [2.05, 4.69) is 15.3 Å². The Hall–Kier alpha value is -1.79. The molecule has 2 N–H and O–H groups in total. The normalized spacial score (nSPS) is 10.6. The van der Waals surface area contributed by atoms with Gasteiger partial charge >= 0.3 is 0 Å². The van der Waals surface area contributed by atoms with Crippen molar-refractivity contribution in [2.45, 2.75) is 31.3 Å². The van der Waals surface area contributed by atoms with Crippen LogP contribution >= 0.6 is 23.4 Å². The summed E-state index contributed by atoms with van der Waals surface area (Å²) in [5.74, 6) is 0.136. The summed E-state index contributed by atoms with van der Waals surface area (Å²) in [6.07, 6.45) is 2.42. The predicted molar refractivity (Wildman–Crippen MR) is 97.7 cm³/mol. The fourth-order valence-corrected chi connectivity index (χ4v) is 2.97. The van der Waals surface area contributed by atoms with Crippen LogP contribution in [0.3, 0.4) is 0 Å². The van der Waals surface area contributed by atoms with Crippen LogP contribution in [0.5, 0.6) is 0 Å². The Bertz CT molecular complexity index is 731. The molecular weight excluding hydrogens is 346 g/mol. The topological polar surface area (TPSA) is 74.8 Å². The molecular formula is C17H20ClN3O2S. The van der Waals surface area contributed by atoms with Gasteiger partial charge in [0.2, 0.25) is 5.91 Å². The molecule has 0 spiro atoms. The zero-order valence-corrected chi connectivity index (χ0v) is 15.0. The molecule has 0 saturated heterocycles. The maximum absolute atomic E-state index is 11.9. The molecule has 0 atom stereocenters. The first-order valence-electron chi connectivity index (χ1n) is 7.81. The van der Waals surface area contributed by atoms with E-state index < -0.39 is 0 Å².